The van der Waals surface area contributed by atoms with Crippen LogP contribution in [0.25, 0.3) is 0 Å². The van der Waals surface area contributed by atoms with Crippen LogP contribution in [-0.4, -0.2) is 5.54 Å². The summed E-state index contributed by atoms with van der Waals surface area (Å²) in [6.45, 7) is 7.16. The van der Waals surface area contributed by atoms with Gasteiger partial charge in [0.25, 0.3) is 0 Å². The lowest BCUT2D eigenvalue weighted by molar-refractivity contribution is 0.422. The van der Waals surface area contributed by atoms with E-state index in [4.69, 9.17) is 23.2 Å². The molecular weight excluding hydrogens is 321 g/mol. The highest BCUT2D eigenvalue weighted by Crippen LogP contribution is 2.37. The summed E-state index contributed by atoms with van der Waals surface area (Å²) in [5.41, 5.74) is 1.16. The van der Waals surface area contributed by atoms with Crippen LogP contribution < -0.4 is 5.32 Å². The maximum Gasteiger partial charge on any atom is 0.0545 e. The molecule has 0 atom stereocenters. The molecule has 0 fully saturated rings. The summed E-state index contributed by atoms with van der Waals surface area (Å²) in [5, 5.41) is 5.03. The monoisotopic (exact) mass is 339 g/mol. The van der Waals surface area contributed by atoms with Crippen LogP contribution in [0, 0.1) is 0 Å². The maximum atomic E-state index is 6.38. The lowest BCUT2D eigenvalue weighted by atomic mass is 10.1. The molecular formula is C17H19Cl2NS. The smallest absolute Gasteiger partial charge is 0.0545 e. The lowest BCUT2D eigenvalue weighted by Crippen LogP contribution is -2.35. The van der Waals surface area contributed by atoms with Crippen molar-refractivity contribution in [1.82, 2.24) is 5.32 Å². The normalized spacial score (nSPS) is 11.7. The summed E-state index contributed by atoms with van der Waals surface area (Å²) >= 11 is 14.3. The number of halogens is 2. The van der Waals surface area contributed by atoms with Crippen LogP contribution in [0.15, 0.2) is 52.3 Å². The molecule has 2 aromatic carbocycles. The fourth-order valence-electron chi connectivity index (χ4n) is 1.81. The van der Waals surface area contributed by atoms with Gasteiger partial charge in [0, 0.05) is 26.9 Å². The molecule has 0 saturated heterocycles. The predicted molar refractivity (Wildman–Crippen MR) is 93.6 cm³/mol. The van der Waals surface area contributed by atoms with Crippen molar-refractivity contribution in [2.24, 2.45) is 0 Å². The number of rotatable bonds is 4. The Morgan fingerprint density at radius 2 is 1.52 bits per heavy atom. The Kier molecular flexibility index (Phi) is 5.61. The second-order valence-corrected chi connectivity index (χ2v) is 7.75. The highest BCUT2D eigenvalue weighted by atomic mass is 35.5. The molecule has 4 heteroatoms. The van der Waals surface area contributed by atoms with Crippen molar-refractivity contribution in [1.29, 1.82) is 0 Å². The van der Waals surface area contributed by atoms with Crippen molar-refractivity contribution in [3.05, 3.63) is 58.1 Å². The van der Waals surface area contributed by atoms with Crippen molar-refractivity contribution in [2.75, 3.05) is 0 Å². The summed E-state index contributed by atoms with van der Waals surface area (Å²) < 4.78 is 0. The molecule has 2 rings (SSSR count). The van der Waals surface area contributed by atoms with Crippen molar-refractivity contribution >= 4 is 35.0 Å². The average Bonchev–Trinajstić information content (AvgIpc) is 2.39. The van der Waals surface area contributed by atoms with Gasteiger partial charge in [0.05, 0.1) is 5.02 Å². The van der Waals surface area contributed by atoms with E-state index in [0.717, 1.165) is 31.9 Å². The van der Waals surface area contributed by atoms with Gasteiger partial charge in [0.1, 0.15) is 0 Å². The molecule has 21 heavy (non-hydrogen) atoms. The summed E-state index contributed by atoms with van der Waals surface area (Å²) in [5.74, 6) is 0. The Balaban J connectivity index is 2.27. The van der Waals surface area contributed by atoms with E-state index >= 15 is 0 Å². The van der Waals surface area contributed by atoms with Gasteiger partial charge in [0.2, 0.25) is 0 Å². The van der Waals surface area contributed by atoms with Gasteiger partial charge in [0.15, 0.2) is 0 Å². The fraction of sp³-hybridized carbons (Fsp3) is 0.294. The molecule has 0 saturated carbocycles. The van der Waals surface area contributed by atoms with Gasteiger partial charge in [-0.3, -0.25) is 0 Å². The van der Waals surface area contributed by atoms with Crippen LogP contribution in [0.4, 0.5) is 0 Å². The number of benzene rings is 2. The largest absolute Gasteiger partial charge is 0.308 e. The third kappa shape index (κ3) is 4.93. The molecule has 112 valence electrons. The molecule has 0 bridgehead atoms. The van der Waals surface area contributed by atoms with Gasteiger partial charge < -0.3 is 5.32 Å². The molecule has 0 amide bonds. The average molecular weight is 340 g/mol. The molecule has 0 spiro atoms. The summed E-state index contributed by atoms with van der Waals surface area (Å²) in [7, 11) is 0. The Morgan fingerprint density at radius 1 is 0.905 bits per heavy atom. The second-order valence-electron chi connectivity index (χ2n) is 5.85. The molecule has 0 aliphatic carbocycles. The van der Waals surface area contributed by atoms with Crippen molar-refractivity contribution < 1.29 is 0 Å². The van der Waals surface area contributed by atoms with E-state index in [0.29, 0.717) is 0 Å². The lowest BCUT2D eigenvalue weighted by Gasteiger charge is -2.22. The number of nitrogens with one attached hydrogen (secondary N) is 1. The van der Waals surface area contributed by atoms with E-state index in [1.54, 1.807) is 11.8 Å². The van der Waals surface area contributed by atoms with Gasteiger partial charge in [-0.2, -0.15) is 0 Å². The van der Waals surface area contributed by atoms with Crippen molar-refractivity contribution in [3.63, 3.8) is 0 Å². The highest BCUT2D eigenvalue weighted by molar-refractivity contribution is 7.99. The summed E-state index contributed by atoms with van der Waals surface area (Å²) in [6.07, 6.45) is 0. The molecule has 1 nitrogen and oxygen atoms in total. The fourth-order valence-corrected chi connectivity index (χ4v) is 3.36. The molecule has 0 heterocycles. The van der Waals surface area contributed by atoms with Crippen LogP contribution >= 0.6 is 35.0 Å². The Bertz CT molecular complexity index is 620. The predicted octanol–water partition coefficient (Wildman–Crippen LogP) is 6.03. The van der Waals surface area contributed by atoms with E-state index in [-0.39, 0.29) is 5.54 Å². The minimum Gasteiger partial charge on any atom is -0.308 e. The van der Waals surface area contributed by atoms with Crippen LogP contribution in [0.5, 0.6) is 0 Å². The van der Waals surface area contributed by atoms with Gasteiger partial charge in [-0.25, -0.2) is 0 Å². The molecule has 0 radical (unpaired) electrons. The van der Waals surface area contributed by atoms with Crippen LogP contribution in [0.3, 0.4) is 0 Å². The quantitative estimate of drug-likeness (QED) is 0.729. The molecule has 0 aliphatic rings. The summed E-state index contributed by atoms with van der Waals surface area (Å²) in [4.78, 5) is 2.17. The Hall–Kier alpha value is -0.670. The summed E-state index contributed by atoms with van der Waals surface area (Å²) in [6, 6.07) is 13.8. The molecule has 0 aliphatic heterocycles. The second kappa shape index (κ2) is 7.06. The standard InChI is InChI=1S/C17H19Cl2NS/c1-17(2,3)20-11-12-13(18)8-6-10-15(12)21-16-9-5-4-7-14(16)19/h4-10,20H,11H2,1-3H3. The zero-order valence-electron chi connectivity index (χ0n) is 12.4. The maximum absolute atomic E-state index is 6.38. The first kappa shape index (κ1) is 16.7. The first-order chi connectivity index (χ1) is 9.87. The van der Waals surface area contributed by atoms with Crippen LogP contribution in [-0.2, 0) is 6.54 Å². The van der Waals surface area contributed by atoms with E-state index in [2.05, 4.69) is 32.2 Å². The van der Waals surface area contributed by atoms with Gasteiger partial charge in [-0.15, -0.1) is 0 Å². The topological polar surface area (TPSA) is 12.0 Å². The minimum absolute atomic E-state index is 0.0471. The zero-order chi connectivity index (χ0) is 15.5. The third-order valence-electron chi connectivity index (χ3n) is 2.93. The number of hydrogen-bond acceptors (Lipinski definition) is 2. The Morgan fingerprint density at radius 3 is 2.19 bits per heavy atom. The highest BCUT2D eigenvalue weighted by Gasteiger charge is 2.14. The number of hydrogen-bond donors (Lipinski definition) is 1. The Labute approximate surface area is 141 Å². The molecule has 0 unspecified atom stereocenters. The van der Waals surface area contributed by atoms with E-state index in [9.17, 15) is 0 Å². The van der Waals surface area contributed by atoms with Gasteiger partial charge >= 0.3 is 0 Å². The van der Waals surface area contributed by atoms with Crippen LogP contribution in [0.2, 0.25) is 10.0 Å². The third-order valence-corrected chi connectivity index (χ3v) is 4.90. The van der Waals surface area contributed by atoms with E-state index < -0.39 is 0 Å². The van der Waals surface area contributed by atoms with Crippen LogP contribution in [0.1, 0.15) is 26.3 Å². The molecule has 2 aromatic rings. The first-order valence-electron chi connectivity index (χ1n) is 6.81. The first-order valence-corrected chi connectivity index (χ1v) is 8.39. The van der Waals surface area contributed by atoms with Gasteiger partial charge in [-0.1, -0.05) is 53.2 Å². The zero-order valence-corrected chi connectivity index (χ0v) is 14.7. The van der Waals surface area contributed by atoms with Crippen molar-refractivity contribution in [3.8, 4) is 0 Å². The van der Waals surface area contributed by atoms with Gasteiger partial charge in [-0.05, 0) is 50.6 Å². The van der Waals surface area contributed by atoms with E-state index in [1.165, 1.54) is 0 Å². The molecule has 0 aromatic heterocycles. The SMILES string of the molecule is CC(C)(C)NCc1c(Cl)cccc1Sc1ccccc1Cl. The molecule has 1 N–H and O–H groups in total. The van der Waals surface area contributed by atoms with Crippen molar-refractivity contribution in [2.45, 2.75) is 42.6 Å². The minimum atomic E-state index is 0.0471. The van der Waals surface area contributed by atoms with E-state index in [1.807, 2.05) is 36.4 Å².